The number of hydrogen-bond acceptors (Lipinski definition) is 5. The predicted molar refractivity (Wildman–Crippen MR) is 64.3 cm³/mol. The van der Waals surface area contributed by atoms with Gasteiger partial charge in [-0.15, -0.1) is 5.10 Å². The van der Waals surface area contributed by atoms with Crippen LogP contribution in [0.25, 0.3) is 0 Å². The van der Waals surface area contributed by atoms with Crippen LogP contribution in [0.15, 0.2) is 6.20 Å². The highest BCUT2D eigenvalue weighted by molar-refractivity contribution is 5.76. The van der Waals surface area contributed by atoms with Crippen molar-refractivity contribution in [1.82, 2.24) is 25.6 Å². The summed E-state index contributed by atoms with van der Waals surface area (Å²) in [4.78, 5) is 22.1. The molecule has 1 rings (SSSR count). The van der Waals surface area contributed by atoms with Gasteiger partial charge in [0.05, 0.1) is 11.9 Å². The molecule has 100 valence electrons. The molecule has 0 radical (unpaired) electrons. The molecule has 0 aromatic carbocycles. The van der Waals surface area contributed by atoms with Crippen molar-refractivity contribution in [1.29, 1.82) is 0 Å². The smallest absolute Gasteiger partial charge is 0.241 e. The van der Waals surface area contributed by atoms with Crippen molar-refractivity contribution in [2.45, 2.75) is 26.4 Å². The lowest BCUT2D eigenvalue weighted by Gasteiger charge is -2.05. The van der Waals surface area contributed by atoms with Gasteiger partial charge in [-0.1, -0.05) is 5.21 Å². The molecule has 0 spiro atoms. The van der Waals surface area contributed by atoms with E-state index in [-0.39, 0.29) is 24.4 Å². The van der Waals surface area contributed by atoms with Gasteiger partial charge in [-0.05, 0) is 6.92 Å². The van der Waals surface area contributed by atoms with Gasteiger partial charge in [0, 0.05) is 26.1 Å². The Balaban J connectivity index is 2.28. The summed E-state index contributed by atoms with van der Waals surface area (Å²) in [5.41, 5.74) is 6.27. The van der Waals surface area contributed by atoms with E-state index in [2.05, 4.69) is 20.9 Å². The van der Waals surface area contributed by atoms with Gasteiger partial charge in [-0.2, -0.15) is 0 Å². The van der Waals surface area contributed by atoms with Crippen LogP contribution in [0, 0.1) is 0 Å². The van der Waals surface area contributed by atoms with E-state index in [1.807, 2.05) is 0 Å². The SMILES string of the molecule is CC(=O)NCCNC(=O)Cn1cc(C(C)N)nn1. The molecule has 18 heavy (non-hydrogen) atoms. The summed E-state index contributed by atoms with van der Waals surface area (Å²) in [6.07, 6.45) is 1.64. The van der Waals surface area contributed by atoms with Crippen molar-refractivity contribution in [2.24, 2.45) is 5.73 Å². The predicted octanol–water partition coefficient (Wildman–Crippen LogP) is -1.45. The van der Waals surface area contributed by atoms with E-state index in [1.165, 1.54) is 11.6 Å². The van der Waals surface area contributed by atoms with Gasteiger partial charge in [-0.25, -0.2) is 4.68 Å². The first kappa shape index (κ1) is 14.1. The molecule has 1 unspecified atom stereocenters. The lowest BCUT2D eigenvalue weighted by molar-refractivity contribution is -0.122. The monoisotopic (exact) mass is 254 g/mol. The minimum absolute atomic E-state index is 0.0831. The number of aromatic nitrogens is 3. The third-order valence-electron chi connectivity index (χ3n) is 2.15. The van der Waals surface area contributed by atoms with Gasteiger partial charge in [0.15, 0.2) is 0 Å². The lowest BCUT2D eigenvalue weighted by atomic mass is 10.3. The normalized spacial score (nSPS) is 11.9. The highest BCUT2D eigenvalue weighted by atomic mass is 16.2. The molecule has 1 atom stereocenters. The number of carbonyl (C=O) groups is 2. The second-order valence-electron chi connectivity index (χ2n) is 3.96. The van der Waals surface area contributed by atoms with Crippen molar-refractivity contribution in [2.75, 3.05) is 13.1 Å². The topological polar surface area (TPSA) is 115 Å². The maximum Gasteiger partial charge on any atom is 0.241 e. The van der Waals surface area contributed by atoms with Crippen molar-refractivity contribution < 1.29 is 9.59 Å². The van der Waals surface area contributed by atoms with E-state index in [4.69, 9.17) is 5.73 Å². The molecule has 0 saturated heterocycles. The number of rotatable bonds is 6. The maximum absolute atomic E-state index is 11.5. The van der Waals surface area contributed by atoms with Crippen LogP contribution < -0.4 is 16.4 Å². The first-order chi connectivity index (χ1) is 8.49. The Morgan fingerprint density at radius 2 is 2.11 bits per heavy atom. The van der Waals surface area contributed by atoms with Crippen LogP contribution in [0.2, 0.25) is 0 Å². The third kappa shape index (κ3) is 4.91. The van der Waals surface area contributed by atoms with E-state index < -0.39 is 0 Å². The van der Waals surface area contributed by atoms with Gasteiger partial charge in [-0.3, -0.25) is 9.59 Å². The van der Waals surface area contributed by atoms with Crippen LogP contribution in [0.4, 0.5) is 0 Å². The highest BCUT2D eigenvalue weighted by Crippen LogP contribution is 2.02. The van der Waals surface area contributed by atoms with Gasteiger partial charge in [0.25, 0.3) is 0 Å². The quantitative estimate of drug-likeness (QED) is 0.537. The van der Waals surface area contributed by atoms with E-state index in [9.17, 15) is 9.59 Å². The number of nitrogens with two attached hydrogens (primary N) is 1. The first-order valence-corrected chi connectivity index (χ1v) is 5.65. The summed E-state index contributed by atoms with van der Waals surface area (Å²) in [7, 11) is 0. The van der Waals surface area contributed by atoms with E-state index in [0.29, 0.717) is 18.8 Å². The molecular formula is C10H18N6O2. The third-order valence-corrected chi connectivity index (χ3v) is 2.15. The first-order valence-electron chi connectivity index (χ1n) is 5.65. The summed E-state index contributed by atoms with van der Waals surface area (Å²) >= 11 is 0. The fourth-order valence-corrected chi connectivity index (χ4v) is 1.24. The Morgan fingerprint density at radius 1 is 1.44 bits per heavy atom. The maximum atomic E-state index is 11.5. The van der Waals surface area contributed by atoms with E-state index in [0.717, 1.165) is 0 Å². The molecule has 8 nitrogen and oxygen atoms in total. The number of hydrogen-bond donors (Lipinski definition) is 3. The van der Waals surface area contributed by atoms with Crippen LogP contribution in [-0.2, 0) is 16.1 Å². The van der Waals surface area contributed by atoms with Crippen LogP contribution in [-0.4, -0.2) is 39.9 Å². The molecular weight excluding hydrogens is 236 g/mol. The zero-order valence-electron chi connectivity index (χ0n) is 10.5. The van der Waals surface area contributed by atoms with E-state index in [1.54, 1.807) is 13.1 Å². The molecule has 1 heterocycles. The second kappa shape index (κ2) is 6.70. The summed E-state index contributed by atoms with van der Waals surface area (Å²) in [5, 5.41) is 12.9. The number of nitrogens with zero attached hydrogens (tertiary/aromatic N) is 3. The Kier molecular flexibility index (Phi) is 5.25. The summed E-state index contributed by atoms with van der Waals surface area (Å²) in [6.45, 7) is 4.09. The van der Waals surface area contributed by atoms with Crippen molar-refractivity contribution in [3.8, 4) is 0 Å². The molecule has 2 amide bonds. The molecule has 1 aromatic heterocycles. The summed E-state index contributed by atoms with van der Waals surface area (Å²) in [6, 6.07) is -0.207. The van der Waals surface area contributed by atoms with Crippen LogP contribution in [0.5, 0.6) is 0 Å². The minimum atomic E-state index is -0.207. The van der Waals surface area contributed by atoms with E-state index >= 15 is 0 Å². The molecule has 0 aliphatic rings. The van der Waals surface area contributed by atoms with Crippen molar-refractivity contribution >= 4 is 11.8 Å². The lowest BCUT2D eigenvalue weighted by Crippen LogP contribution is -2.35. The van der Waals surface area contributed by atoms with Gasteiger partial charge in [0.2, 0.25) is 11.8 Å². The fourth-order valence-electron chi connectivity index (χ4n) is 1.24. The van der Waals surface area contributed by atoms with Crippen molar-refractivity contribution in [3.63, 3.8) is 0 Å². The molecule has 0 bridgehead atoms. The van der Waals surface area contributed by atoms with Gasteiger partial charge in [0.1, 0.15) is 6.54 Å². The standard InChI is InChI=1S/C10H18N6O2/c1-7(11)9-5-16(15-14-9)6-10(18)13-4-3-12-8(2)17/h5,7H,3-4,6,11H2,1-2H3,(H,12,17)(H,13,18). The number of carbonyl (C=O) groups excluding carboxylic acids is 2. The fraction of sp³-hybridized carbons (Fsp3) is 0.600. The average Bonchev–Trinajstić information content (AvgIpc) is 2.72. The molecule has 1 aromatic rings. The molecule has 4 N–H and O–H groups in total. The Hall–Kier alpha value is -1.96. The Morgan fingerprint density at radius 3 is 2.67 bits per heavy atom. The van der Waals surface area contributed by atoms with Crippen LogP contribution in [0.3, 0.4) is 0 Å². The Labute approximate surface area is 105 Å². The highest BCUT2D eigenvalue weighted by Gasteiger charge is 2.07. The largest absolute Gasteiger partial charge is 0.355 e. The minimum Gasteiger partial charge on any atom is -0.355 e. The summed E-state index contributed by atoms with van der Waals surface area (Å²) in [5.74, 6) is -0.316. The van der Waals surface area contributed by atoms with Crippen LogP contribution >= 0.6 is 0 Å². The van der Waals surface area contributed by atoms with Gasteiger partial charge >= 0.3 is 0 Å². The Bertz CT molecular complexity index is 414. The molecule has 0 saturated carbocycles. The summed E-state index contributed by atoms with van der Waals surface area (Å²) < 4.78 is 1.42. The molecule has 0 fully saturated rings. The molecule has 0 aliphatic heterocycles. The zero-order chi connectivity index (χ0) is 13.5. The zero-order valence-corrected chi connectivity index (χ0v) is 10.5. The second-order valence-corrected chi connectivity index (χ2v) is 3.96. The number of amides is 2. The molecule has 0 aliphatic carbocycles. The average molecular weight is 254 g/mol. The molecule has 8 heteroatoms. The van der Waals surface area contributed by atoms with Crippen LogP contribution in [0.1, 0.15) is 25.6 Å². The van der Waals surface area contributed by atoms with Gasteiger partial charge < -0.3 is 16.4 Å². The number of nitrogens with one attached hydrogen (secondary N) is 2. The van der Waals surface area contributed by atoms with Crippen molar-refractivity contribution in [3.05, 3.63) is 11.9 Å².